The maximum atomic E-state index is 14.2. The van der Waals surface area contributed by atoms with Crippen molar-refractivity contribution in [2.24, 2.45) is 5.10 Å². The summed E-state index contributed by atoms with van der Waals surface area (Å²) in [4.78, 5) is 12.2. The van der Waals surface area contributed by atoms with Crippen LogP contribution in [0.1, 0.15) is 15.9 Å². The zero-order valence-electron chi connectivity index (χ0n) is 17.2. The van der Waals surface area contributed by atoms with E-state index in [-0.39, 0.29) is 5.91 Å². The van der Waals surface area contributed by atoms with Crippen LogP contribution in [0.2, 0.25) is 0 Å². The Kier molecular flexibility index (Phi) is 6.59. The number of rotatable bonds is 7. The van der Waals surface area contributed by atoms with Crippen LogP contribution in [0.3, 0.4) is 0 Å². The number of hydrazone groups is 1. The molecule has 158 valence electrons. The van der Waals surface area contributed by atoms with Crippen LogP contribution in [0.25, 0.3) is 0 Å². The van der Waals surface area contributed by atoms with Gasteiger partial charge in [0.1, 0.15) is 5.75 Å². The van der Waals surface area contributed by atoms with Crippen LogP contribution in [0.15, 0.2) is 120 Å². The standard InChI is InChI=1S/C26H21N2O3P/c29-26(21-12-4-1-5-13-21)28-27-20-22-14-10-11-19-25(22)31-32(30,23-15-6-2-7-16-23)24-17-8-3-9-18-24/h1-20H,(H,28,29)/b27-20+. The topological polar surface area (TPSA) is 67.8 Å². The molecule has 0 saturated carbocycles. The predicted molar refractivity (Wildman–Crippen MR) is 128 cm³/mol. The van der Waals surface area contributed by atoms with Gasteiger partial charge in [-0.15, -0.1) is 0 Å². The van der Waals surface area contributed by atoms with Crippen LogP contribution in [-0.4, -0.2) is 12.1 Å². The first-order valence-corrected chi connectivity index (χ1v) is 11.7. The highest BCUT2D eigenvalue weighted by Crippen LogP contribution is 2.45. The molecule has 0 spiro atoms. The summed E-state index contributed by atoms with van der Waals surface area (Å²) in [6.45, 7) is 0. The molecule has 5 nitrogen and oxygen atoms in total. The summed E-state index contributed by atoms with van der Waals surface area (Å²) in [6, 6.07) is 34.2. The fourth-order valence-corrected chi connectivity index (χ4v) is 5.21. The zero-order valence-corrected chi connectivity index (χ0v) is 18.1. The second-order valence-corrected chi connectivity index (χ2v) is 9.24. The molecular weight excluding hydrogens is 419 g/mol. The number of nitrogens with one attached hydrogen (secondary N) is 1. The average molecular weight is 440 g/mol. The summed E-state index contributed by atoms with van der Waals surface area (Å²) >= 11 is 0. The van der Waals surface area contributed by atoms with E-state index in [4.69, 9.17) is 4.52 Å². The molecule has 1 N–H and O–H groups in total. The first-order valence-electron chi connectivity index (χ1n) is 10.1. The molecule has 0 radical (unpaired) electrons. The van der Waals surface area contributed by atoms with E-state index in [1.807, 2.05) is 48.5 Å². The smallest absolute Gasteiger partial charge is 0.306 e. The lowest BCUT2D eigenvalue weighted by atomic mass is 10.2. The monoisotopic (exact) mass is 440 g/mol. The molecular formula is C26H21N2O3P. The quantitative estimate of drug-likeness (QED) is 0.256. The van der Waals surface area contributed by atoms with Gasteiger partial charge >= 0.3 is 7.37 Å². The molecule has 0 aromatic heterocycles. The van der Waals surface area contributed by atoms with Crippen molar-refractivity contribution >= 4 is 30.1 Å². The number of amides is 1. The van der Waals surface area contributed by atoms with Gasteiger partial charge in [0.25, 0.3) is 5.91 Å². The third-order valence-corrected chi connectivity index (χ3v) is 7.15. The van der Waals surface area contributed by atoms with Gasteiger partial charge in [-0.25, -0.2) is 5.43 Å². The summed E-state index contributed by atoms with van der Waals surface area (Å²) in [6.07, 6.45) is 1.48. The summed E-state index contributed by atoms with van der Waals surface area (Å²) in [5, 5.41) is 5.25. The number of hydrogen-bond acceptors (Lipinski definition) is 4. The third-order valence-electron chi connectivity index (χ3n) is 4.74. The highest BCUT2D eigenvalue weighted by molar-refractivity contribution is 7.74. The second kappa shape index (κ2) is 9.90. The van der Waals surface area contributed by atoms with Crippen molar-refractivity contribution in [1.82, 2.24) is 5.43 Å². The number of benzene rings is 4. The highest BCUT2D eigenvalue weighted by Gasteiger charge is 2.30. The van der Waals surface area contributed by atoms with E-state index in [0.29, 0.717) is 27.5 Å². The van der Waals surface area contributed by atoms with Gasteiger partial charge in [-0.1, -0.05) is 66.7 Å². The molecule has 0 unspecified atom stereocenters. The van der Waals surface area contributed by atoms with Gasteiger partial charge in [0.15, 0.2) is 0 Å². The van der Waals surface area contributed by atoms with Gasteiger partial charge < -0.3 is 4.52 Å². The first kappa shape index (κ1) is 21.3. The van der Waals surface area contributed by atoms with E-state index in [0.717, 1.165) is 0 Å². The molecule has 1 amide bonds. The normalized spacial score (nSPS) is 11.2. The van der Waals surface area contributed by atoms with Crippen molar-refractivity contribution in [3.63, 3.8) is 0 Å². The molecule has 0 aliphatic rings. The van der Waals surface area contributed by atoms with Crippen molar-refractivity contribution in [2.75, 3.05) is 0 Å². The number of nitrogens with zero attached hydrogens (tertiary/aromatic N) is 1. The molecule has 0 bridgehead atoms. The lowest BCUT2D eigenvalue weighted by molar-refractivity contribution is 0.0955. The molecule has 0 saturated heterocycles. The Labute approximate surface area is 186 Å². The van der Waals surface area contributed by atoms with E-state index in [1.54, 1.807) is 66.7 Å². The number of hydrogen-bond donors (Lipinski definition) is 1. The molecule has 0 atom stereocenters. The van der Waals surface area contributed by atoms with Gasteiger partial charge in [-0.2, -0.15) is 5.10 Å². The summed E-state index contributed by atoms with van der Waals surface area (Å²) in [7, 11) is -3.42. The van der Waals surface area contributed by atoms with Crippen LogP contribution >= 0.6 is 7.37 Å². The molecule has 0 aliphatic carbocycles. The van der Waals surface area contributed by atoms with Gasteiger partial charge in [0.05, 0.1) is 16.8 Å². The Bertz CT molecular complexity index is 1220. The lowest BCUT2D eigenvalue weighted by Crippen LogP contribution is -2.20. The minimum Gasteiger partial charge on any atom is -0.436 e. The maximum absolute atomic E-state index is 14.2. The minimum atomic E-state index is -3.42. The second-order valence-electron chi connectivity index (χ2n) is 6.92. The fourth-order valence-electron chi connectivity index (χ4n) is 3.13. The van der Waals surface area contributed by atoms with Crippen molar-refractivity contribution in [3.8, 4) is 5.75 Å². The van der Waals surface area contributed by atoms with E-state index in [9.17, 15) is 9.36 Å². The Hall–Kier alpha value is -3.95. The molecule has 4 rings (SSSR count). The van der Waals surface area contributed by atoms with Crippen LogP contribution in [-0.2, 0) is 4.57 Å². The average Bonchev–Trinajstić information content (AvgIpc) is 2.86. The first-order chi connectivity index (χ1) is 15.7. The molecule has 0 fully saturated rings. The molecule has 32 heavy (non-hydrogen) atoms. The van der Waals surface area contributed by atoms with Crippen molar-refractivity contribution in [1.29, 1.82) is 0 Å². The Morgan fingerprint density at radius 3 is 1.81 bits per heavy atom. The predicted octanol–water partition coefficient (Wildman–Crippen LogP) is 4.76. The lowest BCUT2D eigenvalue weighted by Gasteiger charge is -2.21. The minimum absolute atomic E-state index is 0.320. The van der Waals surface area contributed by atoms with E-state index >= 15 is 0 Å². The van der Waals surface area contributed by atoms with Gasteiger partial charge in [0.2, 0.25) is 0 Å². The van der Waals surface area contributed by atoms with Crippen molar-refractivity contribution in [2.45, 2.75) is 0 Å². The molecule has 4 aromatic carbocycles. The van der Waals surface area contributed by atoms with Crippen LogP contribution in [0, 0.1) is 0 Å². The summed E-state index contributed by atoms with van der Waals surface area (Å²) in [5.41, 5.74) is 3.60. The summed E-state index contributed by atoms with van der Waals surface area (Å²) in [5.74, 6) is 0.0840. The molecule has 4 aromatic rings. The molecule has 0 heterocycles. The van der Waals surface area contributed by atoms with Crippen LogP contribution in [0.5, 0.6) is 5.75 Å². The zero-order chi connectivity index (χ0) is 22.2. The number of carbonyl (C=O) groups is 1. The Balaban J connectivity index is 1.62. The number of para-hydroxylation sites is 1. The van der Waals surface area contributed by atoms with E-state index < -0.39 is 7.37 Å². The summed E-state index contributed by atoms with van der Waals surface area (Å²) < 4.78 is 20.4. The fraction of sp³-hybridized carbons (Fsp3) is 0. The highest BCUT2D eigenvalue weighted by atomic mass is 31.2. The van der Waals surface area contributed by atoms with Gasteiger partial charge in [-0.05, 0) is 48.5 Å². The maximum Gasteiger partial charge on any atom is 0.306 e. The van der Waals surface area contributed by atoms with Crippen LogP contribution < -0.4 is 20.6 Å². The third kappa shape index (κ3) is 4.85. The Morgan fingerprint density at radius 2 is 1.22 bits per heavy atom. The largest absolute Gasteiger partial charge is 0.436 e. The molecule has 6 heteroatoms. The number of carbonyl (C=O) groups excluding carboxylic acids is 1. The van der Waals surface area contributed by atoms with Gasteiger partial charge in [-0.3, -0.25) is 9.36 Å². The van der Waals surface area contributed by atoms with Crippen LogP contribution in [0.4, 0.5) is 0 Å². The van der Waals surface area contributed by atoms with Crippen molar-refractivity contribution in [3.05, 3.63) is 126 Å². The SMILES string of the molecule is O=C(N/N=C/c1ccccc1OP(=O)(c1ccccc1)c1ccccc1)c1ccccc1. The van der Waals surface area contributed by atoms with Gasteiger partial charge in [0, 0.05) is 11.1 Å². The van der Waals surface area contributed by atoms with E-state index in [2.05, 4.69) is 10.5 Å². The van der Waals surface area contributed by atoms with Crippen molar-refractivity contribution < 1.29 is 13.9 Å². The van der Waals surface area contributed by atoms with E-state index in [1.165, 1.54) is 6.21 Å². The molecule has 0 aliphatic heterocycles. The Morgan fingerprint density at radius 1 is 0.719 bits per heavy atom.